The van der Waals surface area contributed by atoms with Crippen molar-refractivity contribution in [3.63, 3.8) is 0 Å². The fourth-order valence-electron chi connectivity index (χ4n) is 1.76. The molecule has 0 aliphatic carbocycles. The topological polar surface area (TPSA) is 166 Å². The first-order chi connectivity index (χ1) is 12.0. The van der Waals surface area contributed by atoms with E-state index < -0.39 is 17.6 Å². The molecule has 1 heterocycles. The first kappa shape index (κ1) is 20.5. The van der Waals surface area contributed by atoms with Crippen molar-refractivity contribution in [3.05, 3.63) is 29.5 Å². The number of sulfonamides is 1. The summed E-state index contributed by atoms with van der Waals surface area (Å²) in [6.45, 7) is 0.360. The average molecular weight is 423 g/mol. The van der Waals surface area contributed by atoms with Gasteiger partial charge in [-0.3, -0.25) is 4.57 Å². The summed E-state index contributed by atoms with van der Waals surface area (Å²) in [7, 11) is -7.60. The molecular weight excluding hydrogens is 407 g/mol. The first-order valence-electron chi connectivity index (χ1n) is 7.06. The molecule has 14 heteroatoms. The minimum absolute atomic E-state index is 0.0899. The molecule has 0 spiro atoms. The number of anilines is 3. The maximum atomic E-state index is 11.2. The molecule has 2 rings (SSSR count). The van der Waals surface area contributed by atoms with Gasteiger partial charge >= 0.3 is 7.60 Å². The highest BCUT2D eigenvalue weighted by Gasteiger charge is 2.16. The molecule has 0 radical (unpaired) electrons. The van der Waals surface area contributed by atoms with E-state index in [0.29, 0.717) is 5.69 Å². The van der Waals surface area contributed by atoms with Gasteiger partial charge in [-0.15, -0.1) is 0 Å². The summed E-state index contributed by atoms with van der Waals surface area (Å²) in [5, 5.41) is 5.42. The second-order valence-electron chi connectivity index (χ2n) is 5.06. The van der Waals surface area contributed by atoms with Crippen LogP contribution >= 0.6 is 19.2 Å². The lowest BCUT2D eigenvalue weighted by atomic mass is 10.3. The Morgan fingerprint density at radius 2 is 1.69 bits per heavy atom. The van der Waals surface area contributed by atoms with Crippen LogP contribution in [-0.4, -0.2) is 52.5 Å². The van der Waals surface area contributed by atoms with Crippen molar-refractivity contribution in [1.82, 2.24) is 19.7 Å². The van der Waals surface area contributed by atoms with Crippen molar-refractivity contribution >= 4 is 52.1 Å². The Morgan fingerprint density at radius 3 is 2.27 bits per heavy atom. The van der Waals surface area contributed by atoms with Crippen LogP contribution in [0.1, 0.15) is 0 Å². The van der Waals surface area contributed by atoms with E-state index in [9.17, 15) is 13.0 Å². The Hall–Kier alpha value is -1.82. The van der Waals surface area contributed by atoms with Crippen molar-refractivity contribution in [1.29, 1.82) is 0 Å². The molecule has 0 amide bonds. The number of hydrogen-bond acceptors (Lipinski definition) is 8. The molecule has 0 atom stereocenters. The Labute approximate surface area is 154 Å². The quantitative estimate of drug-likeness (QED) is 0.289. The third kappa shape index (κ3) is 6.83. The average Bonchev–Trinajstić information content (AvgIpc) is 2.50. The normalized spacial score (nSPS) is 12.0. The van der Waals surface area contributed by atoms with Crippen molar-refractivity contribution in [2.75, 3.05) is 30.0 Å². The molecule has 0 aliphatic rings. The zero-order chi connectivity index (χ0) is 19.4. The summed E-state index contributed by atoms with van der Waals surface area (Å²) in [6.07, 6.45) is 1.05. The molecule has 5 N–H and O–H groups in total. The van der Waals surface area contributed by atoms with Gasteiger partial charge in [-0.25, -0.2) is 13.1 Å². The summed E-state index contributed by atoms with van der Waals surface area (Å²) < 4.78 is 35.4. The van der Waals surface area contributed by atoms with Gasteiger partial charge in [0.2, 0.25) is 27.2 Å². The van der Waals surface area contributed by atoms with Crippen molar-refractivity contribution in [3.8, 4) is 0 Å². The fraction of sp³-hybridized carbons (Fsp3) is 0.250. The molecule has 0 fully saturated rings. The minimum Gasteiger partial charge on any atom is -0.353 e. The Balaban J connectivity index is 2.03. The molecule has 1 aromatic carbocycles. The molecule has 0 aliphatic heterocycles. The number of aromatic nitrogens is 3. The number of rotatable bonds is 8. The van der Waals surface area contributed by atoms with Crippen LogP contribution in [0.15, 0.2) is 24.3 Å². The minimum atomic E-state index is -4.31. The molecule has 0 unspecified atom stereocenters. The number of benzene rings is 1. The van der Waals surface area contributed by atoms with Crippen LogP contribution in [0.5, 0.6) is 0 Å². The number of nitrogens with one attached hydrogen (secondary N) is 3. The Kier molecular flexibility index (Phi) is 6.50. The molecule has 0 saturated heterocycles. The van der Waals surface area contributed by atoms with Gasteiger partial charge in [0.15, 0.2) is 0 Å². The molecule has 142 valence electrons. The van der Waals surface area contributed by atoms with E-state index in [-0.39, 0.29) is 35.6 Å². The van der Waals surface area contributed by atoms with E-state index in [2.05, 4.69) is 30.3 Å². The van der Waals surface area contributed by atoms with Gasteiger partial charge in [0.1, 0.15) is 0 Å². The summed E-state index contributed by atoms with van der Waals surface area (Å²) in [5.41, 5.74) is 0.481. The van der Waals surface area contributed by atoms with Crippen LogP contribution in [0.3, 0.4) is 0 Å². The van der Waals surface area contributed by atoms with Crippen LogP contribution in [-0.2, 0) is 14.6 Å². The molecule has 0 saturated carbocycles. The zero-order valence-electron chi connectivity index (χ0n) is 13.4. The molecule has 0 bridgehead atoms. The van der Waals surface area contributed by atoms with E-state index in [1.807, 2.05) is 0 Å². The molecular formula is C12H16ClN6O5PS. The second-order valence-corrected chi connectivity index (χ2v) is 8.84. The number of halogens is 1. The predicted molar refractivity (Wildman–Crippen MR) is 97.6 cm³/mol. The first-order valence-corrected chi connectivity index (χ1v) is 10.9. The van der Waals surface area contributed by atoms with Crippen molar-refractivity contribution in [2.45, 2.75) is 0 Å². The lowest BCUT2D eigenvalue weighted by molar-refractivity contribution is 0.387. The van der Waals surface area contributed by atoms with Gasteiger partial charge in [0, 0.05) is 18.8 Å². The smallest absolute Gasteiger partial charge is 0.353 e. The molecule has 11 nitrogen and oxygen atoms in total. The Bertz CT molecular complexity index is 920. The highest BCUT2D eigenvalue weighted by Crippen LogP contribution is 2.33. The SMILES string of the molecule is CS(=O)(=O)NCCNc1nc(Cl)nc(Nc2ccc(P(=O)(O)O)cc2)n1. The number of nitrogens with zero attached hydrogens (tertiary/aromatic N) is 3. The maximum absolute atomic E-state index is 11.2. The third-order valence-corrected chi connectivity index (χ3v) is 4.71. The third-order valence-electron chi connectivity index (χ3n) is 2.84. The largest absolute Gasteiger partial charge is 0.356 e. The van der Waals surface area contributed by atoms with E-state index in [1.54, 1.807) is 0 Å². The predicted octanol–water partition coefficient (Wildman–Crippen LogP) is 0.0327. The van der Waals surface area contributed by atoms with Gasteiger partial charge in [0.05, 0.1) is 11.6 Å². The molecule has 1 aromatic heterocycles. The van der Waals surface area contributed by atoms with Crippen molar-refractivity contribution in [2.24, 2.45) is 0 Å². The van der Waals surface area contributed by atoms with Gasteiger partial charge in [-0.2, -0.15) is 15.0 Å². The number of hydrogen-bond donors (Lipinski definition) is 5. The van der Waals surface area contributed by atoms with E-state index >= 15 is 0 Å². The van der Waals surface area contributed by atoms with Crippen LogP contribution in [0.2, 0.25) is 5.28 Å². The van der Waals surface area contributed by atoms with Crippen LogP contribution in [0.25, 0.3) is 0 Å². The summed E-state index contributed by atoms with van der Waals surface area (Å²) in [4.78, 5) is 30.0. The highest BCUT2D eigenvalue weighted by molar-refractivity contribution is 7.88. The molecule has 2 aromatic rings. The van der Waals surface area contributed by atoms with Gasteiger partial charge < -0.3 is 20.4 Å². The summed E-state index contributed by atoms with van der Waals surface area (Å²) in [5.74, 6) is 0.238. The van der Waals surface area contributed by atoms with Crippen LogP contribution < -0.4 is 20.7 Å². The fourth-order valence-corrected chi connectivity index (χ4v) is 2.93. The standard InChI is InChI=1S/C12H16ClN6O5PS/c1-26(23,24)15-7-6-14-11-17-10(13)18-12(19-11)16-8-2-4-9(5-3-8)25(20,21)22/h2-5,15H,6-7H2,1H3,(H2,20,21,22)(H2,14,16,17,18,19). The van der Waals surface area contributed by atoms with Crippen LogP contribution in [0, 0.1) is 0 Å². The van der Waals surface area contributed by atoms with E-state index in [4.69, 9.17) is 21.4 Å². The van der Waals surface area contributed by atoms with E-state index in [1.165, 1.54) is 24.3 Å². The van der Waals surface area contributed by atoms with Gasteiger partial charge in [-0.1, -0.05) is 0 Å². The van der Waals surface area contributed by atoms with Crippen molar-refractivity contribution < 1.29 is 22.8 Å². The second kappa shape index (κ2) is 8.25. The van der Waals surface area contributed by atoms with Gasteiger partial charge in [0.25, 0.3) is 0 Å². The van der Waals surface area contributed by atoms with Gasteiger partial charge in [-0.05, 0) is 35.9 Å². The summed E-state index contributed by atoms with van der Waals surface area (Å²) >= 11 is 5.83. The monoisotopic (exact) mass is 422 g/mol. The van der Waals surface area contributed by atoms with E-state index in [0.717, 1.165) is 6.26 Å². The highest BCUT2D eigenvalue weighted by atomic mass is 35.5. The summed E-state index contributed by atoms with van der Waals surface area (Å²) in [6, 6.07) is 5.47. The maximum Gasteiger partial charge on any atom is 0.356 e. The zero-order valence-corrected chi connectivity index (χ0v) is 15.9. The lowest BCUT2D eigenvalue weighted by Gasteiger charge is -2.09. The molecule has 26 heavy (non-hydrogen) atoms. The Morgan fingerprint density at radius 1 is 1.08 bits per heavy atom. The van der Waals surface area contributed by atoms with Crippen LogP contribution in [0.4, 0.5) is 17.6 Å². The lowest BCUT2D eigenvalue weighted by Crippen LogP contribution is -2.28.